The number of halogens is 1. The Balaban J connectivity index is 1.71. The number of rotatable bonds is 5. The summed E-state index contributed by atoms with van der Waals surface area (Å²) in [5.41, 5.74) is 2.91. The van der Waals surface area contributed by atoms with Gasteiger partial charge in [0.25, 0.3) is 0 Å². The van der Waals surface area contributed by atoms with Crippen molar-refractivity contribution in [2.45, 2.75) is 6.61 Å². The molecule has 134 valence electrons. The Morgan fingerprint density at radius 1 is 0.852 bits per heavy atom. The summed E-state index contributed by atoms with van der Waals surface area (Å²) < 4.78 is 12.4. The van der Waals surface area contributed by atoms with Gasteiger partial charge in [0.2, 0.25) is 0 Å². The molecule has 0 aliphatic rings. The average Bonchev–Trinajstić information content (AvgIpc) is 3.13. The smallest absolute Gasteiger partial charge is 0.173 e. The van der Waals surface area contributed by atoms with E-state index in [2.05, 4.69) is 21.1 Å². The second-order valence-electron chi connectivity index (χ2n) is 5.95. The van der Waals surface area contributed by atoms with E-state index in [1.807, 2.05) is 78.9 Å². The number of ether oxygens (including phenoxy) is 1. The van der Waals surface area contributed by atoms with Gasteiger partial charge in [-0.15, -0.1) is 0 Å². The number of hydrogen-bond donors (Lipinski definition) is 1. The number of benzene rings is 3. The number of nitrogens with zero attached hydrogens (tertiary/aromatic N) is 1. The fourth-order valence-corrected chi connectivity index (χ4v) is 3.27. The number of hydrogen-bond acceptors (Lipinski definition) is 4. The van der Waals surface area contributed by atoms with Crippen molar-refractivity contribution in [2.75, 3.05) is 0 Å². The highest BCUT2D eigenvalue weighted by molar-refractivity contribution is 9.10. The largest absolute Gasteiger partial charge is 0.457 e. The van der Waals surface area contributed by atoms with E-state index >= 15 is 0 Å². The van der Waals surface area contributed by atoms with Crippen molar-refractivity contribution in [2.24, 2.45) is 0 Å². The van der Waals surface area contributed by atoms with Gasteiger partial charge in [0.15, 0.2) is 5.76 Å². The lowest BCUT2D eigenvalue weighted by Gasteiger charge is -2.07. The van der Waals surface area contributed by atoms with Gasteiger partial charge in [-0.3, -0.25) is 0 Å². The van der Waals surface area contributed by atoms with Crippen LogP contribution in [0.2, 0.25) is 0 Å². The lowest BCUT2D eigenvalue weighted by molar-refractivity contribution is 0.281. The normalized spacial score (nSPS) is 10.7. The minimum absolute atomic E-state index is 0.176. The molecule has 1 aromatic heterocycles. The molecule has 0 unspecified atom stereocenters. The van der Waals surface area contributed by atoms with E-state index in [4.69, 9.17) is 9.26 Å². The minimum Gasteiger partial charge on any atom is -0.457 e. The molecule has 0 amide bonds. The van der Waals surface area contributed by atoms with Gasteiger partial charge >= 0.3 is 0 Å². The van der Waals surface area contributed by atoms with E-state index < -0.39 is 0 Å². The van der Waals surface area contributed by atoms with Crippen LogP contribution < -0.4 is 4.74 Å². The van der Waals surface area contributed by atoms with Gasteiger partial charge in [-0.25, -0.2) is 0 Å². The zero-order valence-electron chi connectivity index (χ0n) is 14.3. The van der Waals surface area contributed by atoms with Crippen molar-refractivity contribution in [3.63, 3.8) is 0 Å². The van der Waals surface area contributed by atoms with Gasteiger partial charge in [-0.05, 0) is 36.4 Å². The highest BCUT2D eigenvalue weighted by atomic mass is 79.9. The second kappa shape index (κ2) is 7.78. The van der Waals surface area contributed by atoms with Crippen LogP contribution in [-0.2, 0) is 6.61 Å². The number of aromatic nitrogens is 1. The molecule has 0 aliphatic heterocycles. The first-order chi connectivity index (χ1) is 13.2. The van der Waals surface area contributed by atoms with E-state index in [9.17, 15) is 5.11 Å². The topological polar surface area (TPSA) is 55.5 Å². The zero-order valence-corrected chi connectivity index (χ0v) is 15.9. The van der Waals surface area contributed by atoms with Crippen molar-refractivity contribution in [1.29, 1.82) is 0 Å². The standard InChI is InChI=1S/C22H16BrNO3/c23-17-8-4-7-16(12-17)22-20(14-25)21(24-27-22)15-6-5-11-19(13-15)26-18-9-2-1-3-10-18/h1-13,25H,14H2. The Morgan fingerprint density at radius 2 is 1.59 bits per heavy atom. The molecule has 4 nitrogen and oxygen atoms in total. The van der Waals surface area contributed by atoms with Gasteiger partial charge in [0, 0.05) is 15.6 Å². The summed E-state index contributed by atoms with van der Waals surface area (Å²) in [7, 11) is 0. The molecule has 0 fully saturated rings. The van der Waals surface area contributed by atoms with Crippen LogP contribution in [0.15, 0.2) is 87.9 Å². The maximum absolute atomic E-state index is 9.94. The van der Waals surface area contributed by atoms with E-state index in [0.29, 0.717) is 22.8 Å². The van der Waals surface area contributed by atoms with Crippen molar-refractivity contribution in [3.05, 3.63) is 88.9 Å². The Kier molecular flexibility index (Phi) is 5.05. The summed E-state index contributed by atoms with van der Waals surface area (Å²) in [5.74, 6) is 2.00. The summed E-state index contributed by atoms with van der Waals surface area (Å²) in [4.78, 5) is 0. The molecular formula is C22H16BrNO3. The second-order valence-corrected chi connectivity index (χ2v) is 6.87. The molecule has 0 saturated heterocycles. The summed E-state index contributed by atoms with van der Waals surface area (Å²) in [5, 5.41) is 14.1. The first kappa shape index (κ1) is 17.5. The monoisotopic (exact) mass is 421 g/mol. The average molecular weight is 422 g/mol. The SMILES string of the molecule is OCc1c(-c2cccc(Oc3ccccc3)c2)noc1-c1cccc(Br)c1. The Labute approximate surface area is 165 Å². The van der Waals surface area contributed by atoms with Crippen LogP contribution >= 0.6 is 15.9 Å². The van der Waals surface area contributed by atoms with Crippen LogP contribution in [0.4, 0.5) is 0 Å². The maximum atomic E-state index is 9.94. The zero-order chi connectivity index (χ0) is 18.6. The lowest BCUT2D eigenvalue weighted by Crippen LogP contribution is -1.90. The van der Waals surface area contributed by atoms with Crippen LogP contribution in [0.3, 0.4) is 0 Å². The van der Waals surface area contributed by atoms with Gasteiger partial charge in [-0.1, -0.05) is 63.6 Å². The molecule has 1 heterocycles. The predicted octanol–water partition coefficient (Wildman–Crippen LogP) is 6.06. The first-order valence-corrected chi connectivity index (χ1v) is 9.22. The quantitative estimate of drug-likeness (QED) is 0.425. The van der Waals surface area contributed by atoms with Gasteiger partial charge in [-0.2, -0.15) is 0 Å². The molecule has 5 heteroatoms. The number of para-hydroxylation sites is 1. The fourth-order valence-electron chi connectivity index (χ4n) is 2.87. The highest BCUT2D eigenvalue weighted by Gasteiger charge is 2.19. The summed E-state index contributed by atoms with van der Waals surface area (Å²) >= 11 is 3.46. The van der Waals surface area contributed by atoms with Crippen molar-refractivity contribution < 1.29 is 14.4 Å². The first-order valence-electron chi connectivity index (χ1n) is 8.43. The molecular weight excluding hydrogens is 406 g/mol. The van der Waals surface area contributed by atoms with Crippen LogP contribution in [0.5, 0.6) is 11.5 Å². The Hall–Kier alpha value is -2.89. The maximum Gasteiger partial charge on any atom is 0.173 e. The summed E-state index contributed by atoms with van der Waals surface area (Å²) in [6.45, 7) is -0.176. The third-order valence-electron chi connectivity index (χ3n) is 4.12. The number of aliphatic hydroxyl groups is 1. The lowest BCUT2D eigenvalue weighted by atomic mass is 10.0. The molecule has 4 aromatic rings. The Bertz CT molecular complexity index is 1060. The van der Waals surface area contributed by atoms with E-state index in [0.717, 1.165) is 21.3 Å². The fraction of sp³-hybridized carbons (Fsp3) is 0.0455. The van der Waals surface area contributed by atoms with Gasteiger partial charge in [0.05, 0.1) is 12.2 Å². The molecule has 4 rings (SSSR count). The van der Waals surface area contributed by atoms with Crippen molar-refractivity contribution in [3.8, 4) is 34.1 Å². The van der Waals surface area contributed by atoms with E-state index in [-0.39, 0.29) is 6.61 Å². The third kappa shape index (κ3) is 3.79. The molecule has 0 spiro atoms. The van der Waals surface area contributed by atoms with Crippen LogP contribution in [-0.4, -0.2) is 10.3 Å². The number of aliphatic hydroxyl groups excluding tert-OH is 1. The summed E-state index contributed by atoms with van der Waals surface area (Å²) in [6.07, 6.45) is 0. The summed E-state index contributed by atoms with van der Waals surface area (Å²) in [6, 6.07) is 24.8. The predicted molar refractivity (Wildman–Crippen MR) is 108 cm³/mol. The van der Waals surface area contributed by atoms with Crippen molar-refractivity contribution >= 4 is 15.9 Å². The minimum atomic E-state index is -0.176. The van der Waals surface area contributed by atoms with E-state index in [1.54, 1.807) is 0 Å². The van der Waals surface area contributed by atoms with Crippen molar-refractivity contribution in [1.82, 2.24) is 5.16 Å². The molecule has 3 aromatic carbocycles. The molecule has 0 bridgehead atoms. The molecule has 27 heavy (non-hydrogen) atoms. The molecule has 1 N–H and O–H groups in total. The van der Waals surface area contributed by atoms with Crippen LogP contribution in [0.25, 0.3) is 22.6 Å². The van der Waals surface area contributed by atoms with Crippen LogP contribution in [0, 0.1) is 0 Å². The molecule has 0 radical (unpaired) electrons. The molecule has 0 aliphatic carbocycles. The Morgan fingerprint density at radius 3 is 2.37 bits per heavy atom. The van der Waals surface area contributed by atoms with Gasteiger partial charge < -0.3 is 14.4 Å². The highest BCUT2D eigenvalue weighted by Crippen LogP contribution is 2.35. The molecule has 0 saturated carbocycles. The third-order valence-corrected chi connectivity index (χ3v) is 4.61. The van der Waals surface area contributed by atoms with Crippen LogP contribution in [0.1, 0.15) is 5.56 Å². The molecule has 0 atom stereocenters. The van der Waals surface area contributed by atoms with E-state index in [1.165, 1.54) is 0 Å². The van der Waals surface area contributed by atoms with Gasteiger partial charge in [0.1, 0.15) is 17.2 Å².